The van der Waals surface area contributed by atoms with Crippen molar-refractivity contribution in [2.45, 2.75) is 23.8 Å². The monoisotopic (exact) mass is 250 g/mol. The minimum Gasteiger partial charge on any atom is -0.310 e. The molecular weight excluding hydrogens is 228 g/mol. The SMILES string of the molecule is CN(C)CCCNC1CCSc2ccccc21. The number of fused-ring (bicyclic) bond motifs is 1. The molecule has 1 heterocycles. The molecule has 1 aromatic carbocycles. The second kappa shape index (κ2) is 6.43. The predicted octanol–water partition coefficient (Wildman–Crippen LogP) is 2.76. The third kappa shape index (κ3) is 3.73. The highest BCUT2D eigenvalue weighted by Gasteiger charge is 2.19. The molecule has 0 fully saturated rings. The van der Waals surface area contributed by atoms with E-state index in [2.05, 4.69) is 48.6 Å². The van der Waals surface area contributed by atoms with Gasteiger partial charge in [0.15, 0.2) is 0 Å². The van der Waals surface area contributed by atoms with Gasteiger partial charge in [0.1, 0.15) is 0 Å². The van der Waals surface area contributed by atoms with Crippen molar-refractivity contribution in [2.75, 3.05) is 32.9 Å². The Morgan fingerprint density at radius 3 is 3.00 bits per heavy atom. The third-order valence-corrected chi connectivity index (χ3v) is 4.25. The normalized spacial score (nSPS) is 19.4. The van der Waals surface area contributed by atoms with Gasteiger partial charge < -0.3 is 10.2 Å². The Labute approximate surface area is 109 Å². The zero-order valence-electron chi connectivity index (χ0n) is 10.8. The summed E-state index contributed by atoms with van der Waals surface area (Å²) in [6, 6.07) is 9.37. The molecule has 17 heavy (non-hydrogen) atoms. The van der Waals surface area contributed by atoms with Gasteiger partial charge in [-0.15, -0.1) is 11.8 Å². The topological polar surface area (TPSA) is 15.3 Å². The van der Waals surface area contributed by atoms with Gasteiger partial charge in [0, 0.05) is 10.9 Å². The van der Waals surface area contributed by atoms with Crippen LogP contribution < -0.4 is 5.32 Å². The number of benzene rings is 1. The van der Waals surface area contributed by atoms with Crippen molar-refractivity contribution in [3.05, 3.63) is 29.8 Å². The van der Waals surface area contributed by atoms with Gasteiger partial charge >= 0.3 is 0 Å². The van der Waals surface area contributed by atoms with Crippen LogP contribution >= 0.6 is 11.8 Å². The molecule has 1 atom stereocenters. The third-order valence-electron chi connectivity index (χ3n) is 3.13. The average Bonchev–Trinajstić information content (AvgIpc) is 2.34. The van der Waals surface area contributed by atoms with Gasteiger partial charge in [0.05, 0.1) is 0 Å². The summed E-state index contributed by atoms with van der Waals surface area (Å²) in [5.74, 6) is 1.24. The van der Waals surface area contributed by atoms with Crippen LogP contribution in [-0.2, 0) is 0 Å². The van der Waals surface area contributed by atoms with Gasteiger partial charge in [-0.3, -0.25) is 0 Å². The lowest BCUT2D eigenvalue weighted by molar-refractivity contribution is 0.384. The molecule has 0 saturated carbocycles. The van der Waals surface area contributed by atoms with Crippen LogP contribution in [0.15, 0.2) is 29.2 Å². The Hall–Kier alpha value is -0.510. The lowest BCUT2D eigenvalue weighted by Gasteiger charge is -2.26. The van der Waals surface area contributed by atoms with Crippen LogP contribution in [0.1, 0.15) is 24.4 Å². The first-order chi connectivity index (χ1) is 8.27. The van der Waals surface area contributed by atoms with Crippen LogP contribution in [0, 0.1) is 0 Å². The number of nitrogens with zero attached hydrogens (tertiary/aromatic N) is 1. The molecule has 2 nitrogen and oxygen atoms in total. The van der Waals surface area contributed by atoms with E-state index < -0.39 is 0 Å². The summed E-state index contributed by atoms with van der Waals surface area (Å²) >= 11 is 1.99. The molecule has 0 radical (unpaired) electrons. The van der Waals surface area contributed by atoms with E-state index in [9.17, 15) is 0 Å². The quantitative estimate of drug-likeness (QED) is 0.809. The van der Waals surface area contributed by atoms with Gasteiger partial charge in [-0.25, -0.2) is 0 Å². The van der Waals surface area contributed by atoms with Crippen molar-refractivity contribution in [1.82, 2.24) is 10.2 Å². The fourth-order valence-corrected chi connectivity index (χ4v) is 3.35. The van der Waals surface area contributed by atoms with Crippen LogP contribution in [-0.4, -0.2) is 37.8 Å². The molecule has 1 aliphatic heterocycles. The van der Waals surface area contributed by atoms with E-state index in [1.807, 2.05) is 11.8 Å². The highest BCUT2D eigenvalue weighted by molar-refractivity contribution is 7.99. The maximum Gasteiger partial charge on any atom is 0.0339 e. The van der Waals surface area contributed by atoms with Crippen LogP contribution in [0.2, 0.25) is 0 Å². The maximum absolute atomic E-state index is 3.69. The van der Waals surface area contributed by atoms with E-state index in [0.717, 1.165) is 13.1 Å². The Balaban J connectivity index is 1.86. The molecule has 3 heteroatoms. The summed E-state index contributed by atoms with van der Waals surface area (Å²) in [5, 5.41) is 3.69. The summed E-state index contributed by atoms with van der Waals surface area (Å²) in [6.45, 7) is 2.28. The van der Waals surface area contributed by atoms with Crippen molar-refractivity contribution >= 4 is 11.8 Å². The molecule has 1 unspecified atom stereocenters. The largest absolute Gasteiger partial charge is 0.310 e. The minimum atomic E-state index is 0.564. The number of thioether (sulfide) groups is 1. The smallest absolute Gasteiger partial charge is 0.0339 e. The minimum absolute atomic E-state index is 0.564. The molecule has 1 aliphatic rings. The van der Waals surface area contributed by atoms with E-state index >= 15 is 0 Å². The lowest BCUT2D eigenvalue weighted by Crippen LogP contribution is -2.27. The van der Waals surface area contributed by atoms with Crippen molar-refractivity contribution in [3.8, 4) is 0 Å². The second-order valence-electron chi connectivity index (χ2n) is 4.84. The van der Waals surface area contributed by atoms with Crippen LogP contribution in [0.25, 0.3) is 0 Å². The van der Waals surface area contributed by atoms with Crippen molar-refractivity contribution in [3.63, 3.8) is 0 Å². The Morgan fingerprint density at radius 1 is 1.35 bits per heavy atom. The molecule has 2 rings (SSSR count). The maximum atomic E-state index is 3.69. The fourth-order valence-electron chi connectivity index (χ4n) is 2.23. The van der Waals surface area contributed by atoms with Crippen LogP contribution in [0.3, 0.4) is 0 Å². The number of hydrogen-bond acceptors (Lipinski definition) is 3. The summed E-state index contributed by atoms with van der Waals surface area (Å²) in [5.41, 5.74) is 1.49. The molecule has 0 bridgehead atoms. The zero-order chi connectivity index (χ0) is 12.1. The summed E-state index contributed by atoms with van der Waals surface area (Å²) in [6.07, 6.45) is 2.47. The van der Waals surface area contributed by atoms with Crippen molar-refractivity contribution in [1.29, 1.82) is 0 Å². The Morgan fingerprint density at radius 2 is 2.18 bits per heavy atom. The predicted molar refractivity (Wildman–Crippen MR) is 75.7 cm³/mol. The molecule has 0 spiro atoms. The molecule has 0 aromatic heterocycles. The van der Waals surface area contributed by atoms with Gasteiger partial charge in [0.25, 0.3) is 0 Å². The summed E-state index contributed by atoms with van der Waals surface area (Å²) in [7, 11) is 4.26. The Kier molecular flexibility index (Phi) is 4.89. The molecular formula is C14H22N2S. The van der Waals surface area contributed by atoms with E-state index in [1.54, 1.807) is 0 Å². The van der Waals surface area contributed by atoms with E-state index in [4.69, 9.17) is 0 Å². The summed E-state index contributed by atoms with van der Waals surface area (Å²) in [4.78, 5) is 3.70. The zero-order valence-corrected chi connectivity index (χ0v) is 11.6. The standard InChI is InChI=1S/C14H22N2S/c1-16(2)10-5-9-15-13-8-11-17-14-7-4-3-6-12(13)14/h3-4,6-7,13,15H,5,8-11H2,1-2H3. The van der Waals surface area contributed by atoms with Gasteiger partial charge in [0.2, 0.25) is 0 Å². The molecule has 0 aliphatic carbocycles. The molecule has 94 valence electrons. The number of nitrogens with one attached hydrogen (secondary N) is 1. The van der Waals surface area contributed by atoms with Gasteiger partial charge in [-0.1, -0.05) is 18.2 Å². The van der Waals surface area contributed by atoms with Gasteiger partial charge in [-0.05, 0) is 57.4 Å². The van der Waals surface area contributed by atoms with Gasteiger partial charge in [-0.2, -0.15) is 0 Å². The molecule has 0 amide bonds. The van der Waals surface area contributed by atoms with Crippen LogP contribution in [0.5, 0.6) is 0 Å². The highest BCUT2D eigenvalue weighted by atomic mass is 32.2. The number of rotatable bonds is 5. The second-order valence-corrected chi connectivity index (χ2v) is 5.98. The average molecular weight is 250 g/mol. The summed E-state index contributed by atoms with van der Waals surface area (Å²) < 4.78 is 0. The van der Waals surface area contributed by atoms with Crippen LogP contribution in [0.4, 0.5) is 0 Å². The van der Waals surface area contributed by atoms with E-state index in [-0.39, 0.29) is 0 Å². The van der Waals surface area contributed by atoms with E-state index in [0.29, 0.717) is 6.04 Å². The lowest BCUT2D eigenvalue weighted by atomic mass is 10.0. The van der Waals surface area contributed by atoms with Crippen molar-refractivity contribution in [2.24, 2.45) is 0 Å². The first-order valence-corrected chi connectivity index (χ1v) is 7.36. The Bertz CT molecular complexity index is 352. The molecule has 1 aromatic rings. The first kappa shape index (κ1) is 12.9. The van der Waals surface area contributed by atoms with Crippen molar-refractivity contribution < 1.29 is 0 Å². The van der Waals surface area contributed by atoms with E-state index in [1.165, 1.54) is 29.1 Å². The first-order valence-electron chi connectivity index (χ1n) is 6.37. The number of hydrogen-bond donors (Lipinski definition) is 1. The fraction of sp³-hybridized carbons (Fsp3) is 0.571. The highest BCUT2D eigenvalue weighted by Crippen LogP contribution is 2.35. The molecule has 1 N–H and O–H groups in total. The molecule has 0 saturated heterocycles.